The molecule has 1 unspecified atom stereocenters. The molecule has 0 N–H and O–H groups in total. The summed E-state index contributed by atoms with van der Waals surface area (Å²) in [6, 6.07) is 5.37. The van der Waals surface area contributed by atoms with Crippen LogP contribution in [-0.2, 0) is 22.0 Å². The molecule has 1 aromatic carbocycles. The second kappa shape index (κ2) is 6.62. The maximum Gasteiger partial charge on any atom is 0.248 e. The van der Waals surface area contributed by atoms with Gasteiger partial charge in [0.05, 0.1) is 15.9 Å². The smallest absolute Gasteiger partial charge is 0.248 e. The summed E-state index contributed by atoms with van der Waals surface area (Å²) in [5.74, 6) is -1.38. The van der Waals surface area contributed by atoms with Gasteiger partial charge in [0.25, 0.3) is 0 Å². The lowest BCUT2D eigenvalue weighted by Gasteiger charge is -2.30. The van der Waals surface area contributed by atoms with Crippen LogP contribution in [0, 0.1) is 5.92 Å². The third-order valence-corrected chi connectivity index (χ3v) is 6.01. The molecule has 2 aromatic rings. The van der Waals surface area contributed by atoms with Crippen LogP contribution >= 0.6 is 10.7 Å². The molecule has 1 saturated carbocycles. The number of nitrogens with zero attached hydrogens (tertiary/aromatic N) is 2. The summed E-state index contributed by atoms with van der Waals surface area (Å²) in [5, 5.41) is 0. The van der Waals surface area contributed by atoms with Crippen molar-refractivity contribution >= 4 is 31.7 Å². The van der Waals surface area contributed by atoms with Gasteiger partial charge in [-0.3, -0.25) is 0 Å². The Morgan fingerprint density at radius 1 is 1.32 bits per heavy atom. The highest BCUT2D eigenvalue weighted by Gasteiger charge is 2.35. The Bertz CT molecular complexity index is 803. The van der Waals surface area contributed by atoms with Crippen LogP contribution in [0.1, 0.15) is 52.3 Å². The second-order valence-electron chi connectivity index (χ2n) is 7.97. The summed E-state index contributed by atoms with van der Waals surface area (Å²) in [5.41, 5.74) is 1.50. The zero-order valence-corrected chi connectivity index (χ0v) is 16.3. The molecular formula is C18H23ClF2N2OS. The van der Waals surface area contributed by atoms with Crippen molar-refractivity contribution < 1.29 is 13.0 Å². The molecule has 0 spiro atoms. The number of alkyl halides is 2. The van der Waals surface area contributed by atoms with Gasteiger partial charge >= 0.3 is 0 Å². The molecule has 1 aliphatic carbocycles. The zero-order valence-electron chi connectivity index (χ0n) is 14.7. The number of fused-ring (bicyclic) bond motifs is 1. The van der Waals surface area contributed by atoms with Crippen molar-refractivity contribution in [3.05, 3.63) is 24.0 Å². The third kappa shape index (κ3) is 4.05. The average molecular weight is 389 g/mol. The highest BCUT2D eigenvalue weighted by molar-refractivity contribution is 8.08. The second-order valence-corrected chi connectivity index (χ2v) is 9.73. The summed E-state index contributed by atoms with van der Waals surface area (Å²) in [6.45, 7) is 6.93. The van der Waals surface area contributed by atoms with E-state index in [1.54, 1.807) is 12.1 Å². The lowest BCUT2D eigenvalue weighted by molar-refractivity contribution is -0.0473. The predicted octanol–water partition coefficient (Wildman–Crippen LogP) is 5.42. The summed E-state index contributed by atoms with van der Waals surface area (Å²) in [6.07, 6.45) is 0.981. The Morgan fingerprint density at radius 2 is 1.96 bits per heavy atom. The predicted molar refractivity (Wildman–Crippen MR) is 97.6 cm³/mol. The highest BCUT2D eigenvalue weighted by atomic mass is 35.7. The Labute approximate surface area is 153 Å². The number of halogens is 3. The van der Waals surface area contributed by atoms with Gasteiger partial charge in [0.2, 0.25) is 5.92 Å². The normalized spacial score (nSPS) is 20.1. The first kappa shape index (κ1) is 18.8. The fourth-order valence-electron chi connectivity index (χ4n) is 3.51. The van der Waals surface area contributed by atoms with Crippen molar-refractivity contribution in [3.63, 3.8) is 0 Å². The van der Waals surface area contributed by atoms with Crippen molar-refractivity contribution in [1.29, 1.82) is 0 Å². The molecule has 0 radical (unpaired) electrons. The fourth-order valence-corrected chi connectivity index (χ4v) is 4.17. The van der Waals surface area contributed by atoms with Crippen molar-refractivity contribution in [2.24, 2.45) is 5.92 Å². The lowest BCUT2D eigenvalue weighted by atomic mass is 9.86. The number of benzene rings is 1. The molecule has 138 valence electrons. The third-order valence-electron chi connectivity index (χ3n) is 4.85. The first-order valence-corrected chi connectivity index (χ1v) is 10.5. The molecule has 3 rings (SSSR count). The molecule has 0 aliphatic heterocycles. The Balaban J connectivity index is 1.98. The van der Waals surface area contributed by atoms with Crippen molar-refractivity contribution in [1.82, 2.24) is 9.55 Å². The van der Waals surface area contributed by atoms with Gasteiger partial charge in [-0.2, -0.15) is 0 Å². The average Bonchev–Trinajstić information content (AvgIpc) is 2.87. The number of hydrogen-bond donors (Lipinski definition) is 0. The van der Waals surface area contributed by atoms with Crippen LogP contribution in [0.5, 0.6) is 0 Å². The summed E-state index contributed by atoms with van der Waals surface area (Å²) in [4.78, 5) is 5.27. The van der Waals surface area contributed by atoms with Gasteiger partial charge in [-0.25, -0.2) is 18.0 Å². The maximum absolute atomic E-state index is 13.4. The van der Waals surface area contributed by atoms with Crippen LogP contribution in [0.25, 0.3) is 11.0 Å². The fraction of sp³-hybridized carbons (Fsp3) is 0.611. The Hall–Kier alpha value is -1.01. The van der Waals surface area contributed by atoms with E-state index >= 15 is 0 Å². The van der Waals surface area contributed by atoms with Crippen LogP contribution in [0.4, 0.5) is 8.78 Å². The van der Waals surface area contributed by atoms with Crippen molar-refractivity contribution in [2.45, 2.75) is 69.2 Å². The van der Waals surface area contributed by atoms with E-state index in [-0.39, 0.29) is 24.2 Å². The highest BCUT2D eigenvalue weighted by Crippen LogP contribution is 2.38. The minimum atomic E-state index is -2.51. The van der Waals surface area contributed by atoms with Crippen LogP contribution in [0.2, 0.25) is 0 Å². The van der Waals surface area contributed by atoms with Gasteiger partial charge in [-0.1, -0.05) is 20.8 Å². The van der Waals surface area contributed by atoms with Crippen molar-refractivity contribution in [3.8, 4) is 0 Å². The van der Waals surface area contributed by atoms with E-state index in [1.807, 2.05) is 6.07 Å². The molecule has 25 heavy (non-hydrogen) atoms. The van der Waals surface area contributed by atoms with Crippen LogP contribution < -0.4 is 0 Å². The van der Waals surface area contributed by atoms with E-state index in [2.05, 4.69) is 25.3 Å². The molecule has 3 nitrogen and oxygen atoms in total. The minimum absolute atomic E-state index is 0.0372. The maximum atomic E-state index is 13.4. The Kier molecular flexibility index (Phi) is 4.97. The molecule has 1 heterocycles. The molecule has 0 saturated heterocycles. The summed E-state index contributed by atoms with van der Waals surface area (Å²) in [7, 11) is 4.11. The first-order valence-electron chi connectivity index (χ1n) is 8.53. The zero-order chi connectivity index (χ0) is 18.4. The van der Waals surface area contributed by atoms with E-state index in [9.17, 15) is 13.0 Å². The van der Waals surface area contributed by atoms with E-state index in [0.717, 1.165) is 16.9 Å². The standard InChI is InChI=1S/C18H23ClF2N2OS/c1-17(2,3)16-22-14-10-13(25(19)24)4-5-15(14)23(16)11-12-6-8-18(20,21)9-7-12/h4-5,10,12H,6-9,11H2,1-3H3. The molecule has 1 aromatic heterocycles. The van der Waals surface area contributed by atoms with Crippen LogP contribution in [-0.4, -0.2) is 19.7 Å². The van der Waals surface area contributed by atoms with Gasteiger partial charge in [0, 0.05) is 24.8 Å². The largest absolute Gasteiger partial charge is 0.327 e. The Morgan fingerprint density at radius 3 is 2.52 bits per heavy atom. The van der Waals surface area contributed by atoms with Gasteiger partial charge in [-0.05, 0) is 47.6 Å². The van der Waals surface area contributed by atoms with Gasteiger partial charge < -0.3 is 4.57 Å². The van der Waals surface area contributed by atoms with Gasteiger partial charge in [0.1, 0.15) is 15.8 Å². The number of aromatic nitrogens is 2. The van der Waals surface area contributed by atoms with E-state index in [4.69, 9.17) is 15.7 Å². The lowest BCUT2D eigenvalue weighted by Crippen LogP contribution is -2.28. The molecular weight excluding hydrogens is 366 g/mol. The van der Waals surface area contributed by atoms with Gasteiger partial charge in [0.15, 0.2) is 0 Å². The van der Waals surface area contributed by atoms with Gasteiger partial charge in [-0.15, -0.1) is 0 Å². The molecule has 1 aliphatic rings. The van der Waals surface area contributed by atoms with Crippen molar-refractivity contribution in [2.75, 3.05) is 0 Å². The molecule has 0 bridgehead atoms. The molecule has 1 atom stereocenters. The van der Waals surface area contributed by atoms with Crippen LogP contribution in [0.15, 0.2) is 23.1 Å². The molecule has 1 fully saturated rings. The quantitative estimate of drug-likeness (QED) is 0.658. The monoisotopic (exact) mass is 388 g/mol. The van der Waals surface area contributed by atoms with E-state index < -0.39 is 15.9 Å². The number of rotatable bonds is 3. The molecule has 7 heteroatoms. The topological polar surface area (TPSA) is 34.9 Å². The van der Waals surface area contributed by atoms with Crippen LogP contribution in [0.3, 0.4) is 0 Å². The summed E-state index contributed by atoms with van der Waals surface area (Å²) < 4.78 is 40.5. The summed E-state index contributed by atoms with van der Waals surface area (Å²) >= 11 is 0. The number of hydrogen-bond acceptors (Lipinski definition) is 2. The minimum Gasteiger partial charge on any atom is -0.327 e. The van der Waals surface area contributed by atoms with E-state index in [0.29, 0.717) is 24.3 Å². The SMILES string of the molecule is CC(C)(C)c1nc2cc(S(=O)Cl)ccc2n1CC1CCC(F)(F)CC1. The molecule has 0 amide bonds. The number of imidazole rings is 1. The first-order chi connectivity index (χ1) is 11.6. The van der Waals surface area contributed by atoms with E-state index in [1.165, 1.54) is 0 Å².